The predicted molar refractivity (Wildman–Crippen MR) is 121 cm³/mol. The number of carbonyl (C=O) groups excluding carboxylic acids is 2. The van der Waals surface area contributed by atoms with Crippen molar-refractivity contribution in [2.75, 3.05) is 20.7 Å². The normalized spacial score (nSPS) is 12.6. The number of halogens is 2. The van der Waals surface area contributed by atoms with Gasteiger partial charge in [-0.25, -0.2) is 0 Å². The summed E-state index contributed by atoms with van der Waals surface area (Å²) in [5, 5.41) is 3.58. The first-order valence-corrected chi connectivity index (χ1v) is 10.7. The Morgan fingerprint density at radius 1 is 1.17 bits per heavy atom. The van der Waals surface area contributed by atoms with Crippen molar-refractivity contribution < 1.29 is 19.1 Å². The van der Waals surface area contributed by atoms with E-state index in [1.807, 2.05) is 25.1 Å². The van der Waals surface area contributed by atoms with Crippen LogP contribution in [0.1, 0.15) is 31.9 Å². The Kier molecular flexibility index (Phi) is 8.99. The molecule has 0 heterocycles. The van der Waals surface area contributed by atoms with Gasteiger partial charge in [0.05, 0.1) is 10.5 Å². The van der Waals surface area contributed by atoms with Gasteiger partial charge in [0.15, 0.2) is 12.7 Å². The highest BCUT2D eigenvalue weighted by atomic mass is 79.9. The van der Waals surface area contributed by atoms with Crippen LogP contribution >= 0.6 is 27.5 Å². The number of nitrogens with one attached hydrogen (secondary N) is 1. The molecule has 0 radical (unpaired) electrons. The summed E-state index contributed by atoms with van der Waals surface area (Å²) in [5.41, 5.74) is 0.805. The average molecular weight is 498 g/mol. The summed E-state index contributed by atoms with van der Waals surface area (Å²) in [6.07, 6.45) is -0.0783. The van der Waals surface area contributed by atoms with Crippen LogP contribution in [0.15, 0.2) is 46.9 Å². The zero-order valence-electron chi connectivity index (χ0n) is 17.4. The van der Waals surface area contributed by atoms with Crippen molar-refractivity contribution in [3.63, 3.8) is 0 Å². The molecule has 2 rings (SSSR count). The lowest BCUT2D eigenvalue weighted by Gasteiger charge is -2.23. The van der Waals surface area contributed by atoms with Gasteiger partial charge in [-0.3, -0.25) is 9.59 Å². The second kappa shape index (κ2) is 11.2. The maximum absolute atomic E-state index is 12.8. The molecule has 8 heteroatoms. The molecule has 2 atom stereocenters. The third-order valence-corrected chi connectivity index (χ3v) is 5.29. The molecule has 1 N–H and O–H groups in total. The van der Waals surface area contributed by atoms with Gasteiger partial charge in [0.1, 0.15) is 11.5 Å². The Labute approximate surface area is 190 Å². The Hall–Kier alpha value is -2.25. The molecule has 2 unspecified atom stereocenters. The zero-order chi connectivity index (χ0) is 22.3. The number of amides is 2. The fraction of sp³-hybridized carbons (Fsp3) is 0.364. The standard InChI is InChI=1S/C22H26BrClN2O4/c1-5-18(16-8-6-7-9-19(16)29-13-21(27)26(3)4)25-22(28)14(2)30-20-11-10-15(24)12-17(20)23/h6-12,14,18H,5,13H2,1-4H3,(H,25,28). The van der Waals surface area contributed by atoms with Crippen LogP contribution in [0, 0.1) is 0 Å². The summed E-state index contributed by atoms with van der Waals surface area (Å²) in [5.74, 6) is 0.690. The van der Waals surface area contributed by atoms with E-state index in [4.69, 9.17) is 21.1 Å². The minimum Gasteiger partial charge on any atom is -0.483 e. The number of benzene rings is 2. The number of carbonyl (C=O) groups is 2. The number of hydrogen-bond donors (Lipinski definition) is 1. The van der Waals surface area contributed by atoms with Gasteiger partial charge in [0, 0.05) is 24.7 Å². The lowest BCUT2D eigenvalue weighted by Crippen LogP contribution is -2.38. The third-order valence-electron chi connectivity index (χ3n) is 4.44. The summed E-state index contributed by atoms with van der Waals surface area (Å²) in [4.78, 5) is 26.1. The van der Waals surface area contributed by atoms with Crippen LogP contribution in [0.3, 0.4) is 0 Å². The third kappa shape index (κ3) is 6.64. The molecule has 0 saturated carbocycles. The van der Waals surface area contributed by atoms with Gasteiger partial charge in [-0.1, -0.05) is 36.7 Å². The summed E-state index contributed by atoms with van der Waals surface area (Å²) >= 11 is 9.33. The number of ether oxygens (including phenoxy) is 2. The van der Waals surface area contributed by atoms with Gasteiger partial charge >= 0.3 is 0 Å². The molecule has 2 aromatic rings. The maximum Gasteiger partial charge on any atom is 0.261 e. The van der Waals surface area contributed by atoms with Gasteiger partial charge in [0.2, 0.25) is 0 Å². The zero-order valence-corrected chi connectivity index (χ0v) is 19.8. The Bertz CT molecular complexity index is 891. The quantitative estimate of drug-likeness (QED) is 0.550. The van der Waals surface area contributed by atoms with Crippen molar-refractivity contribution in [1.82, 2.24) is 10.2 Å². The first kappa shape index (κ1) is 24.0. The highest BCUT2D eigenvalue weighted by molar-refractivity contribution is 9.10. The van der Waals surface area contributed by atoms with Crippen LogP contribution in [0.25, 0.3) is 0 Å². The van der Waals surface area contributed by atoms with Crippen LogP contribution in [0.5, 0.6) is 11.5 Å². The molecule has 0 spiro atoms. The minimum atomic E-state index is -0.722. The summed E-state index contributed by atoms with van der Waals surface area (Å²) in [7, 11) is 3.35. The van der Waals surface area contributed by atoms with Crippen LogP contribution in [0.2, 0.25) is 5.02 Å². The number of rotatable bonds is 9. The molecule has 0 aliphatic heterocycles. The van der Waals surface area contributed by atoms with Crippen molar-refractivity contribution in [3.05, 3.63) is 57.5 Å². The second-order valence-electron chi connectivity index (χ2n) is 6.92. The fourth-order valence-electron chi connectivity index (χ4n) is 2.67. The van der Waals surface area contributed by atoms with E-state index in [2.05, 4.69) is 21.2 Å². The lowest BCUT2D eigenvalue weighted by atomic mass is 10.0. The lowest BCUT2D eigenvalue weighted by molar-refractivity contribution is -0.131. The van der Waals surface area contributed by atoms with Gasteiger partial charge in [-0.2, -0.15) is 0 Å². The van der Waals surface area contributed by atoms with E-state index >= 15 is 0 Å². The smallest absolute Gasteiger partial charge is 0.261 e. The molecule has 0 aliphatic rings. The van der Waals surface area contributed by atoms with E-state index < -0.39 is 6.10 Å². The van der Waals surface area contributed by atoms with E-state index in [1.165, 1.54) is 4.90 Å². The van der Waals surface area contributed by atoms with Gasteiger partial charge in [-0.05, 0) is 53.5 Å². The van der Waals surface area contributed by atoms with E-state index in [0.717, 1.165) is 5.56 Å². The van der Waals surface area contributed by atoms with Gasteiger partial charge in [0.25, 0.3) is 11.8 Å². The molecule has 2 amide bonds. The maximum atomic E-state index is 12.8. The number of likely N-dealkylation sites (N-methyl/N-ethyl adjacent to an activating group) is 1. The van der Waals surface area contributed by atoms with Gasteiger partial charge < -0.3 is 19.7 Å². The Morgan fingerprint density at radius 3 is 2.50 bits per heavy atom. The van der Waals surface area contributed by atoms with Crippen molar-refractivity contribution in [3.8, 4) is 11.5 Å². The fourth-order valence-corrected chi connectivity index (χ4v) is 3.45. The average Bonchev–Trinajstić information content (AvgIpc) is 2.72. The first-order valence-electron chi connectivity index (χ1n) is 9.56. The van der Waals surface area contributed by atoms with E-state index in [0.29, 0.717) is 27.4 Å². The molecular formula is C22H26BrClN2O4. The first-order chi connectivity index (χ1) is 14.2. The molecule has 0 aromatic heterocycles. The SMILES string of the molecule is CCC(NC(=O)C(C)Oc1ccc(Cl)cc1Br)c1ccccc1OCC(=O)N(C)C. The monoisotopic (exact) mass is 496 g/mol. The van der Waals surface area contributed by atoms with Crippen molar-refractivity contribution in [2.24, 2.45) is 0 Å². The van der Waals surface area contributed by atoms with Crippen molar-refractivity contribution in [1.29, 1.82) is 0 Å². The molecule has 162 valence electrons. The number of hydrogen-bond acceptors (Lipinski definition) is 4. The molecule has 0 saturated heterocycles. The van der Waals surface area contributed by atoms with Gasteiger partial charge in [-0.15, -0.1) is 0 Å². The molecule has 6 nitrogen and oxygen atoms in total. The highest BCUT2D eigenvalue weighted by Crippen LogP contribution is 2.30. The van der Waals surface area contributed by atoms with Crippen LogP contribution in [0.4, 0.5) is 0 Å². The summed E-state index contributed by atoms with van der Waals surface area (Å²) in [6, 6.07) is 12.2. The molecule has 2 aromatic carbocycles. The van der Waals surface area contributed by atoms with Crippen molar-refractivity contribution in [2.45, 2.75) is 32.4 Å². The summed E-state index contributed by atoms with van der Waals surface area (Å²) in [6.45, 7) is 3.58. The van der Waals surface area contributed by atoms with Crippen LogP contribution < -0.4 is 14.8 Å². The Morgan fingerprint density at radius 2 is 1.87 bits per heavy atom. The predicted octanol–water partition coefficient (Wildman–Crippen LogP) is 4.60. The van der Waals surface area contributed by atoms with E-state index in [1.54, 1.807) is 45.3 Å². The highest BCUT2D eigenvalue weighted by Gasteiger charge is 2.22. The second-order valence-corrected chi connectivity index (χ2v) is 8.21. The number of para-hydroxylation sites is 1. The number of nitrogens with zero attached hydrogens (tertiary/aromatic N) is 1. The van der Waals surface area contributed by atoms with Crippen molar-refractivity contribution >= 4 is 39.3 Å². The van der Waals surface area contributed by atoms with E-state index in [9.17, 15) is 9.59 Å². The molecular weight excluding hydrogens is 472 g/mol. The molecule has 0 fully saturated rings. The van der Waals surface area contributed by atoms with Crippen LogP contribution in [-0.4, -0.2) is 43.5 Å². The molecule has 30 heavy (non-hydrogen) atoms. The molecule has 0 aliphatic carbocycles. The van der Waals surface area contributed by atoms with Crippen LogP contribution in [-0.2, 0) is 9.59 Å². The summed E-state index contributed by atoms with van der Waals surface area (Å²) < 4.78 is 12.2. The largest absolute Gasteiger partial charge is 0.483 e. The molecule has 0 bridgehead atoms. The minimum absolute atomic E-state index is 0.0709. The topological polar surface area (TPSA) is 67.9 Å². The van der Waals surface area contributed by atoms with E-state index in [-0.39, 0.29) is 24.5 Å². The Balaban J connectivity index is 2.08.